The predicted molar refractivity (Wildman–Crippen MR) is 158 cm³/mol. The number of aromatic nitrogens is 3. The van der Waals surface area contributed by atoms with Gasteiger partial charge in [0.25, 0.3) is 0 Å². The molecule has 0 fully saturated rings. The van der Waals surface area contributed by atoms with Crippen molar-refractivity contribution in [1.29, 1.82) is 0 Å². The van der Waals surface area contributed by atoms with Crippen LogP contribution in [-0.4, -0.2) is 15.0 Å². The molecule has 0 aliphatic rings. The second kappa shape index (κ2) is 8.61. The van der Waals surface area contributed by atoms with Gasteiger partial charge in [0.05, 0.1) is 16.9 Å². The molecule has 0 N–H and O–H groups in total. The van der Waals surface area contributed by atoms with E-state index in [4.69, 9.17) is 19.4 Å². The SMILES string of the molecule is c1ccc(-c2nc(-c3ccccc3)c3ccc4ccc(-c5cccc6c5oc5ccccc56)nc4c3n2)cc1. The fourth-order valence-electron chi connectivity index (χ4n) is 5.41. The first-order valence-electron chi connectivity index (χ1n) is 13.0. The van der Waals surface area contributed by atoms with Crippen molar-refractivity contribution < 1.29 is 4.42 Å². The minimum atomic E-state index is 0.682. The first-order chi connectivity index (χ1) is 19.3. The van der Waals surface area contributed by atoms with Crippen LogP contribution in [-0.2, 0) is 0 Å². The number of fused-ring (bicyclic) bond motifs is 6. The minimum absolute atomic E-state index is 0.682. The Kier molecular flexibility index (Phi) is 4.79. The Bertz CT molecular complexity index is 2170. The van der Waals surface area contributed by atoms with E-state index in [1.807, 2.05) is 66.7 Å². The lowest BCUT2D eigenvalue weighted by molar-refractivity contribution is 0.670. The maximum absolute atomic E-state index is 6.33. The second-order valence-corrected chi connectivity index (χ2v) is 9.64. The third-order valence-corrected chi connectivity index (χ3v) is 7.29. The highest BCUT2D eigenvalue weighted by Gasteiger charge is 2.17. The van der Waals surface area contributed by atoms with Crippen molar-refractivity contribution in [2.75, 3.05) is 0 Å². The van der Waals surface area contributed by atoms with Gasteiger partial charge in [0, 0.05) is 38.2 Å². The van der Waals surface area contributed by atoms with Crippen LogP contribution in [0.1, 0.15) is 0 Å². The fraction of sp³-hybridized carbons (Fsp3) is 0. The van der Waals surface area contributed by atoms with Gasteiger partial charge in [-0.05, 0) is 24.3 Å². The largest absolute Gasteiger partial charge is 0.455 e. The van der Waals surface area contributed by atoms with Gasteiger partial charge in [0.15, 0.2) is 5.82 Å². The Morgan fingerprint density at radius 2 is 1.18 bits per heavy atom. The zero-order valence-electron chi connectivity index (χ0n) is 20.9. The Balaban J connectivity index is 1.43. The Morgan fingerprint density at radius 1 is 0.462 bits per heavy atom. The quantitative estimate of drug-likeness (QED) is 0.228. The topological polar surface area (TPSA) is 51.8 Å². The molecule has 8 aromatic rings. The average Bonchev–Trinajstić information content (AvgIpc) is 3.40. The molecule has 0 bridgehead atoms. The first kappa shape index (κ1) is 21.7. The van der Waals surface area contributed by atoms with Crippen molar-refractivity contribution in [2.24, 2.45) is 0 Å². The van der Waals surface area contributed by atoms with Crippen LogP contribution < -0.4 is 0 Å². The first-order valence-corrected chi connectivity index (χ1v) is 13.0. The summed E-state index contributed by atoms with van der Waals surface area (Å²) in [5.41, 5.74) is 8.11. The van der Waals surface area contributed by atoms with E-state index in [9.17, 15) is 0 Å². The highest BCUT2D eigenvalue weighted by atomic mass is 16.3. The van der Waals surface area contributed by atoms with E-state index in [1.165, 1.54) is 0 Å². The molecule has 182 valence electrons. The van der Waals surface area contributed by atoms with E-state index >= 15 is 0 Å². The minimum Gasteiger partial charge on any atom is -0.455 e. The summed E-state index contributed by atoms with van der Waals surface area (Å²) in [4.78, 5) is 15.3. The van der Waals surface area contributed by atoms with Crippen LogP contribution in [0.4, 0.5) is 0 Å². The van der Waals surface area contributed by atoms with Crippen molar-refractivity contribution in [3.63, 3.8) is 0 Å². The van der Waals surface area contributed by atoms with Crippen LogP contribution in [0, 0.1) is 0 Å². The number of nitrogens with zero attached hydrogens (tertiary/aromatic N) is 3. The molecule has 5 aromatic carbocycles. The molecule has 0 radical (unpaired) electrons. The Morgan fingerprint density at radius 3 is 2.03 bits per heavy atom. The highest BCUT2D eigenvalue weighted by Crippen LogP contribution is 2.37. The summed E-state index contributed by atoms with van der Waals surface area (Å²) in [6.45, 7) is 0. The lowest BCUT2D eigenvalue weighted by Gasteiger charge is -2.12. The van der Waals surface area contributed by atoms with Crippen molar-refractivity contribution in [3.8, 4) is 33.9 Å². The van der Waals surface area contributed by atoms with Crippen LogP contribution in [0.3, 0.4) is 0 Å². The monoisotopic (exact) mass is 499 g/mol. The molecule has 8 rings (SSSR count). The van der Waals surface area contributed by atoms with Gasteiger partial charge in [-0.2, -0.15) is 0 Å². The fourth-order valence-corrected chi connectivity index (χ4v) is 5.41. The molecule has 0 amide bonds. The molecule has 39 heavy (non-hydrogen) atoms. The number of pyridine rings is 1. The third-order valence-electron chi connectivity index (χ3n) is 7.29. The standard InChI is InChI=1S/C35H21N3O/c1-3-10-22(11-4-1)31-28-20-18-23-19-21-29(27-16-9-15-26-25-14-7-8-17-30(25)39-34(26)27)36-32(23)33(28)38-35(37-31)24-12-5-2-6-13-24/h1-21H. The maximum Gasteiger partial charge on any atom is 0.160 e. The number of benzene rings is 5. The molecule has 0 spiro atoms. The van der Waals surface area contributed by atoms with E-state index in [0.29, 0.717) is 5.82 Å². The van der Waals surface area contributed by atoms with Crippen molar-refractivity contribution in [3.05, 3.63) is 127 Å². The molecular weight excluding hydrogens is 478 g/mol. The summed E-state index contributed by atoms with van der Waals surface area (Å²) >= 11 is 0. The molecule has 0 atom stereocenters. The molecule has 3 heterocycles. The van der Waals surface area contributed by atoms with Crippen LogP contribution in [0.15, 0.2) is 132 Å². The predicted octanol–water partition coefficient (Wildman–Crippen LogP) is 9.08. The summed E-state index contributed by atoms with van der Waals surface area (Å²) in [6.07, 6.45) is 0. The molecule has 3 aromatic heterocycles. The van der Waals surface area contributed by atoms with Gasteiger partial charge in [0.2, 0.25) is 0 Å². The van der Waals surface area contributed by atoms with E-state index in [1.54, 1.807) is 0 Å². The molecule has 0 saturated heterocycles. The van der Waals surface area contributed by atoms with E-state index in [-0.39, 0.29) is 0 Å². The number of hydrogen-bond acceptors (Lipinski definition) is 4. The Hall–Kier alpha value is -5.35. The third kappa shape index (κ3) is 3.50. The number of para-hydroxylation sites is 2. The smallest absolute Gasteiger partial charge is 0.160 e. The average molecular weight is 500 g/mol. The van der Waals surface area contributed by atoms with Gasteiger partial charge in [0.1, 0.15) is 16.7 Å². The maximum atomic E-state index is 6.33. The zero-order chi connectivity index (χ0) is 25.8. The summed E-state index contributed by atoms with van der Waals surface area (Å²) in [5.74, 6) is 0.682. The molecule has 4 nitrogen and oxygen atoms in total. The van der Waals surface area contributed by atoms with E-state index < -0.39 is 0 Å². The molecule has 0 aliphatic carbocycles. The van der Waals surface area contributed by atoms with Crippen LogP contribution in [0.5, 0.6) is 0 Å². The molecule has 0 aliphatic heterocycles. The van der Waals surface area contributed by atoms with Gasteiger partial charge >= 0.3 is 0 Å². The molecular formula is C35H21N3O. The molecule has 0 saturated carbocycles. The number of rotatable bonds is 3. The summed E-state index contributed by atoms with van der Waals surface area (Å²) < 4.78 is 6.33. The lowest BCUT2D eigenvalue weighted by atomic mass is 10.0. The van der Waals surface area contributed by atoms with E-state index in [2.05, 4.69) is 60.7 Å². The van der Waals surface area contributed by atoms with Crippen LogP contribution in [0.2, 0.25) is 0 Å². The van der Waals surface area contributed by atoms with Gasteiger partial charge in [-0.25, -0.2) is 15.0 Å². The molecule has 0 unspecified atom stereocenters. The summed E-state index contributed by atoms with van der Waals surface area (Å²) in [7, 11) is 0. The van der Waals surface area contributed by atoms with E-state index in [0.717, 1.165) is 71.8 Å². The zero-order valence-corrected chi connectivity index (χ0v) is 20.9. The van der Waals surface area contributed by atoms with Gasteiger partial charge < -0.3 is 4.42 Å². The van der Waals surface area contributed by atoms with Crippen molar-refractivity contribution in [2.45, 2.75) is 0 Å². The number of furan rings is 1. The summed E-state index contributed by atoms with van der Waals surface area (Å²) in [5, 5.41) is 4.19. The van der Waals surface area contributed by atoms with Crippen LogP contribution >= 0.6 is 0 Å². The second-order valence-electron chi connectivity index (χ2n) is 9.64. The lowest BCUT2D eigenvalue weighted by Crippen LogP contribution is -1.97. The van der Waals surface area contributed by atoms with Gasteiger partial charge in [-0.1, -0.05) is 103 Å². The van der Waals surface area contributed by atoms with Crippen LogP contribution in [0.25, 0.3) is 77.6 Å². The van der Waals surface area contributed by atoms with Crippen molar-refractivity contribution >= 4 is 43.7 Å². The highest BCUT2D eigenvalue weighted by molar-refractivity contribution is 6.11. The number of hydrogen-bond donors (Lipinski definition) is 0. The normalized spacial score (nSPS) is 11.6. The molecule has 4 heteroatoms. The van der Waals surface area contributed by atoms with Gasteiger partial charge in [-0.3, -0.25) is 0 Å². The van der Waals surface area contributed by atoms with Gasteiger partial charge in [-0.15, -0.1) is 0 Å². The van der Waals surface area contributed by atoms with Crippen molar-refractivity contribution in [1.82, 2.24) is 15.0 Å². The Labute approximate surface area is 224 Å². The summed E-state index contributed by atoms with van der Waals surface area (Å²) in [6, 6.07) is 43.2.